The number of benzene rings is 1. The second-order valence-electron chi connectivity index (χ2n) is 6.34. The van der Waals surface area contributed by atoms with E-state index in [0.29, 0.717) is 12.1 Å². The minimum atomic E-state index is -0.677. The van der Waals surface area contributed by atoms with Crippen molar-refractivity contribution in [2.75, 3.05) is 13.2 Å². The smallest absolute Gasteiger partial charge is 0.340 e. The van der Waals surface area contributed by atoms with Crippen molar-refractivity contribution in [1.29, 1.82) is 0 Å². The van der Waals surface area contributed by atoms with Crippen LogP contribution >= 0.6 is 0 Å². The van der Waals surface area contributed by atoms with E-state index < -0.39 is 24.5 Å². The van der Waals surface area contributed by atoms with Crippen LogP contribution < -0.4 is 10.6 Å². The highest BCUT2D eigenvalue weighted by atomic mass is 16.5. The van der Waals surface area contributed by atoms with Crippen molar-refractivity contribution in [1.82, 2.24) is 15.2 Å². The maximum absolute atomic E-state index is 12.4. The Bertz CT molecular complexity index is 838. The molecule has 0 fully saturated rings. The third-order valence-corrected chi connectivity index (χ3v) is 4.07. The van der Waals surface area contributed by atoms with E-state index in [2.05, 4.69) is 10.6 Å². The molecule has 1 aromatic heterocycles. The number of hydrogen-bond acceptors (Lipinski definition) is 4. The molecule has 2 aromatic rings. The molecule has 2 rings (SSSR count). The summed E-state index contributed by atoms with van der Waals surface area (Å²) in [5, 5.41) is 4.62. The number of carbonyl (C=O) groups is 3. The first-order valence-electron chi connectivity index (χ1n) is 8.84. The molecule has 0 radical (unpaired) electrons. The number of aryl methyl sites for hydroxylation is 2. The van der Waals surface area contributed by atoms with Crippen LogP contribution in [0.4, 0.5) is 4.79 Å². The van der Waals surface area contributed by atoms with E-state index in [1.165, 1.54) is 0 Å². The van der Waals surface area contributed by atoms with Crippen LogP contribution in [0.5, 0.6) is 0 Å². The predicted molar refractivity (Wildman–Crippen MR) is 102 cm³/mol. The number of nitrogens with zero attached hydrogens (tertiary/aromatic N) is 1. The minimum absolute atomic E-state index is 0.385. The van der Waals surface area contributed by atoms with Gasteiger partial charge in [0.2, 0.25) is 0 Å². The lowest BCUT2D eigenvalue weighted by atomic mass is 10.2. The molecular formula is C20H25N3O4. The zero-order valence-electron chi connectivity index (χ0n) is 16.1. The number of esters is 1. The van der Waals surface area contributed by atoms with Crippen LogP contribution in [0.2, 0.25) is 0 Å². The van der Waals surface area contributed by atoms with Gasteiger partial charge in [0.05, 0.1) is 5.56 Å². The standard InChI is InChI=1S/C20H25N3O4/c1-5-10-21-20(26)22-18(24)12-27-19(25)17-11-14(3)23(15(17)4)16-8-6-13(2)7-9-16/h6-9,11H,5,10,12H2,1-4H3,(H2,21,22,24,26). The van der Waals surface area contributed by atoms with Gasteiger partial charge >= 0.3 is 12.0 Å². The molecule has 144 valence electrons. The maximum atomic E-state index is 12.4. The Hall–Kier alpha value is -3.09. The van der Waals surface area contributed by atoms with Gasteiger partial charge in [-0.15, -0.1) is 0 Å². The van der Waals surface area contributed by atoms with E-state index in [4.69, 9.17) is 4.74 Å². The summed E-state index contributed by atoms with van der Waals surface area (Å²) < 4.78 is 7.01. The highest BCUT2D eigenvalue weighted by Crippen LogP contribution is 2.21. The number of aromatic nitrogens is 1. The summed E-state index contributed by atoms with van der Waals surface area (Å²) in [5.41, 5.74) is 4.08. The lowest BCUT2D eigenvalue weighted by Crippen LogP contribution is -2.41. The van der Waals surface area contributed by atoms with Crippen LogP contribution in [0.1, 0.15) is 40.7 Å². The van der Waals surface area contributed by atoms with Crippen molar-refractivity contribution in [2.24, 2.45) is 0 Å². The van der Waals surface area contributed by atoms with Gasteiger partial charge in [-0.05, 0) is 45.4 Å². The van der Waals surface area contributed by atoms with E-state index in [9.17, 15) is 14.4 Å². The van der Waals surface area contributed by atoms with Crippen molar-refractivity contribution >= 4 is 17.9 Å². The number of nitrogens with one attached hydrogen (secondary N) is 2. The van der Waals surface area contributed by atoms with E-state index in [1.807, 2.05) is 56.5 Å². The fourth-order valence-electron chi connectivity index (χ4n) is 2.71. The van der Waals surface area contributed by atoms with Gasteiger partial charge in [0.15, 0.2) is 6.61 Å². The van der Waals surface area contributed by atoms with Crippen LogP contribution in [0.15, 0.2) is 30.3 Å². The number of imide groups is 1. The normalized spacial score (nSPS) is 10.4. The summed E-state index contributed by atoms with van der Waals surface area (Å²) in [6.45, 7) is 7.57. The SMILES string of the molecule is CCCNC(=O)NC(=O)COC(=O)c1cc(C)n(-c2ccc(C)cc2)c1C. The zero-order chi connectivity index (χ0) is 20.0. The Balaban J connectivity index is 2.03. The highest BCUT2D eigenvalue weighted by Gasteiger charge is 2.19. The lowest BCUT2D eigenvalue weighted by Gasteiger charge is -2.10. The van der Waals surface area contributed by atoms with Crippen LogP contribution in [0.3, 0.4) is 0 Å². The van der Waals surface area contributed by atoms with E-state index in [0.717, 1.165) is 29.1 Å². The van der Waals surface area contributed by atoms with Crippen molar-refractivity contribution in [3.63, 3.8) is 0 Å². The van der Waals surface area contributed by atoms with Gasteiger partial charge in [0.25, 0.3) is 5.91 Å². The first-order chi connectivity index (χ1) is 12.8. The van der Waals surface area contributed by atoms with Crippen molar-refractivity contribution in [3.8, 4) is 5.69 Å². The fraction of sp³-hybridized carbons (Fsp3) is 0.350. The summed E-state index contributed by atoms with van der Waals surface area (Å²) in [5.74, 6) is -1.28. The van der Waals surface area contributed by atoms with Crippen LogP contribution in [0, 0.1) is 20.8 Å². The molecule has 3 amide bonds. The van der Waals surface area contributed by atoms with Crippen molar-refractivity contribution in [2.45, 2.75) is 34.1 Å². The molecule has 0 saturated heterocycles. The van der Waals surface area contributed by atoms with Crippen LogP contribution in [-0.2, 0) is 9.53 Å². The van der Waals surface area contributed by atoms with Gasteiger partial charge in [-0.2, -0.15) is 0 Å². The topological polar surface area (TPSA) is 89.4 Å². The summed E-state index contributed by atoms with van der Waals surface area (Å²) >= 11 is 0. The first kappa shape index (κ1) is 20.2. The minimum Gasteiger partial charge on any atom is -0.452 e. The monoisotopic (exact) mass is 371 g/mol. The average molecular weight is 371 g/mol. The zero-order valence-corrected chi connectivity index (χ0v) is 16.1. The summed E-state index contributed by atoms with van der Waals surface area (Å²) in [4.78, 5) is 35.5. The first-order valence-corrected chi connectivity index (χ1v) is 8.84. The van der Waals surface area contributed by atoms with Gasteiger partial charge in [-0.3, -0.25) is 10.1 Å². The average Bonchev–Trinajstić information content (AvgIpc) is 2.93. The lowest BCUT2D eigenvalue weighted by molar-refractivity contribution is -0.123. The molecule has 1 heterocycles. The quantitative estimate of drug-likeness (QED) is 0.764. The number of amides is 3. The Labute approximate surface area is 158 Å². The highest BCUT2D eigenvalue weighted by molar-refractivity contribution is 5.97. The van der Waals surface area contributed by atoms with Crippen molar-refractivity contribution in [3.05, 3.63) is 52.8 Å². The second kappa shape index (κ2) is 9.02. The molecule has 0 spiro atoms. The van der Waals surface area contributed by atoms with Crippen LogP contribution in [-0.4, -0.2) is 35.6 Å². The predicted octanol–water partition coefficient (Wildman–Crippen LogP) is 2.80. The summed E-state index contributed by atoms with van der Waals surface area (Å²) in [6, 6.07) is 9.08. The molecule has 0 atom stereocenters. The Morgan fingerprint density at radius 3 is 2.37 bits per heavy atom. The molecule has 0 aliphatic heterocycles. The number of ether oxygens (including phenoxy) is 1. The number of urea groups is 1. The van der Waals surface area contributed by atoms with Crippen molar-refractivity contribution < 1.29 is 19.1 Å². The number of rotatable bonds is 6. The molecule has 2 N–H and O–H groups in total. The molecule has 0 aliphatic rings. The second-order valence-corrected chi connectivity index (χ2v) is 6.34. The Kier molecular flexibility index (Phi) is 6.76. The summed E-state index contributed by atoms with van der Waals surface area (Å²) in [6.07, 6.45) is 0.757. The Morgan fingerprint density at radius 2 is 1.74 bits per heavy atom. The molecular weight excluding hydrogens is 346 g/mol. The van der Waals surface area contributed by atoms with E-state index in [1.54, 1.807) is 6.07 Å². The van der Waals surface area contributed by atoms with Gasteiger partial charge < -0.3 is 14.6 Å². The molecule has 0 bridgehead atoms. The molecule has 0 saturated carbocycles. The molecule has 27 heavy (non-hydrogen) atoms. The van der Waals surface area contributed by atoms with Crippen LogP contribution in [0.25, 0.3) is 5.69 Å². The number of carbonyl (C=O) groups excluding carboxylic acids is 3. The van der Waals surface area contributed by atoms with Gasteiger partial charge in [0, 0.05) is 23.6 Å². The largest absolute Gasteiger partial charge is 0.452 e. The maximum Gasteiger partial charge on any atom is 0.340 e. The molecule has 1 aromatic carbocycles. The third-order valence-electron chi connectivity index (χ3n) is 4.07. The van der Waals surface area contributed by atoms with Gasteiger partial charge in [0.1, 0.15) is 0 Å². The van der Waals surface area contributed by atoms with Gasteiger partial charge in [-0.1, -0.05) is 24.6 Å². The van der Waals surface area contributed by atoms with Gasteiger partial charge in [-0.25, -0.2) is 9.59 Å². The molecule has 0 unspecified atom stereocenters. The summed E-state index contributed by atoms with van der Waals surface area (Å²) in [7, 11) is 0. The van der Waals surface area contributed by atoms with E-state index >= 15 is 0 Å². The number of hydrogen-bond donors (Lipinski definition) is 2. The molecule has 0 aliphatic carbocycles. The fourth-order valence-corrected chi connectivity index (χ4v) is 2.71. The Morgan fingerprint density at radius 1 is 1.07 bits per heavy atom. The molecule has 7 nitrogen and oxygen atoms in total. The van der Waals surface area contributed by atoms with E-state index in [-0.39, 0.29) is 0 Å². The third kappa shape index (κ3) is 5.20. The molecule has 7 heteroatoms.